The molecule has 0 aliphatic carbocycles. The number of nitrogens with zero attached hydrogens (tertiary/aromatic N) is 2. The maximum absolute atomic E-state index is 12.3. The summed E-state index contributed by atoms with van der Waals surface area (Å²) in [6.45, 7) is 3.04. The molecule has 2 heterocycles. The van der Waals surface area contributed by atoms with Gasteiger partial charge in [0.2, 0.25) is 0 Å². The van der Waals surface area contributed by atoms with Gasteiger partial charge in [0.25, 0.3) is 5.91 Å². The molecule has 3 rings (SSSR count). The molecule has 1 aromatic rings. The lowest BCUT2D eigenvalue weighted by Crippen LogP contribution is -2.32. The average molecular weight is 260 g/mol. The molecule has 0 N–H and O–H groups in total. The molecule has 1 atom stereocenters. The van der Waals surface area contributed by atoms with Gasteiger partial charge in [0.1, 0.15) is 6.04 Å². The Morgan fingerprint density at radius 1 is 1.33 bits per heavy atom. The fourth-order valence-corrected chi connectivity index (χ4v) is 3.16. The van der Waals surface area contributed by atoms with E-state index in [9.17, 15) is 4.79 Å². The minimum Gasteiger partial charge on any atom is -0.336 e. The van der Waals surface area contributed by atoms with Gasteiger partial charge in [0.15, 0.2) is 5.11 Å². The van der Waals surface area contributed by atoms with Gasteiger partial charge in [-0.15, -0.1) is 0 Å². The Bertz CT molecular complexity index is 475. The standard InChI is InChI=1S/C14H16N2OS/c1-2-10-5-7-11(8-6-10)16-13(17)12-4-3-9-15(12)14(16)18/h5-8,12H,2-4,9H2,1H3/t12-/m1/s1. The third kappa shape index (κ3) is 1.63. The van der Waals surface area contributed by atoms with Crippen LogP contribution in [-0.4, -0.2) is 28.5 Å². The number of hydrogen-bond acceptors (Lipinski definition) is 2. The molecule has 0 radical (unpaired) electrons. The van der Waals surface area contributed by atoms with E-state index in [0.717, 1.165) is 31.5 Å². The zero-order chi connectivity index (χ0) is 12.7. The van der Waals surface area contributed by atoms with Crippen molar-refractivity contribution >= 4 is 28.9 Å². The topological polar surface area (TPSA) is 23.6 Å². The Kier molecular flexibility index (Phi) is 2.82. The van der Waals surface area contributed by atoms with E-state index in [0.29, 0.717) is 5.11 Å². The first-order chi connectivity index (χ1) is 8.72. The highest BCUT2D eigenvalue weighted by Crippen LogP contribution is 2.31. The normalized spacial score (nSPS) is 22.8. The second kappa shape index (κ2) is 4.35. The molecular formula is C14H16N2OS. The van der Waals surface area contributed by atoms with Gasteiger partial charge < -0.3 is 4.90 Å². The third-order valence-electron chi connectivity index (χ3n) is 3.80. The minimum absolute atomic E-state index is 0.0108. The van der Waals surface area contributed by atoms with Crippen molar-refractivity contribution in [1.29, 1.82) is 0 Å². The van der Waals surface area contributed by atoms with E-state index in [2.05, 4.69) is 24.0 Å². The SMILES string of the molecule is CCc1ccc(N2C(=O)[C@H]3CCCN3C2=S)cc1. The summed E-state index contributed by atoms with van der Waals surface area (Å²) in [5.74, 6) is 0.141. The van der Waals surface area contributed by atoms with Gasteiger partial charge in [0.05, 0.1) is 5.69 Å². The van der Waals surface area contributed by atoms with Crippen molar-refractivity contribution in [3.63, 3.8) is 0 Å². The zero-order valence-electron chi connectivity index (χ0n) is 10.4. The predicted molar refractivity (Wildman–Crippen MR) is 75.6 cm³/mol. The maximum Gasteiger partial charge on any atom is 0.256 e. The van der Waals surface area contributed by atoms with Gasteiger partial charge >= 0.3 is 0 Å². The van der Waals surface area contributed by atoms with Crippen molar-refractivity contribution < 1.29 is 4.79 Å². The molecular weight excluding hydrogens is 244 g/mol. The van der Waals surface area contributed by atoms with Gasteiger partial charge in [-0.25, -0.2) is 0 Å². The van der Waals surface area contributed by atoms with Crippen LogP contribution >= 0.6 is 12.2 Å². The van der Waals surface area contributed by atoms with E-state index in [4.69, 9.17) is 12.2 Å². The van der Waals surface area contributed by atoms with Crippen LogP contribution in [0.15, 0.2) is 24.3 Å². The smallest absolute Gasteiger partial charge is 0.256 e. The summed E-state index contributed by atoms with van der Waals surface area (Å²) >= 11 is 5.43. The lowest BCUT2D eigenvalue weighted by atomic mass is 10.1. The van der Waals surface area contributed by atoms with Gasteiger partial charge in [-0.1, -0.05) is 19.1 Å². The molecule has 1 aromatic carbocycles. The average Bonchev–Trinajstić information content (AvgIpc) is 2.95. The summed E-state index contributed by atoms with van der Waals surface area (Å²) in [5, 5.41) is 0.673. The lowest BCUT2D eigenvalue weighted by molar-refractivity contribution is -0.119. The van der Waals surface area contributed by atoms with Gasteiger partial charge in [0, 0.05) is 6.54 Å². The number of carbonyl (C=O) groups is 1. The second-order valence-electron chi connectivity index (χ2n) is 4.83. The monoisotopic (exact) mass is 260 g/mol. The van der Waals surface area contributed by atoms with E-state index >= 15 is 0 Å². The molecule has 18 heavy (non-hydrogen) atoms. The van der Waals surface area contributed by atoms with Crippen molar-refractivity contribution in [2.24, 2.45) is 0 Å². The Morgan fingerprint density at radius 2 is 2.06 bits per heavy atom. The number of thiocarbonyl (C=S) groups is 1. The Hall–Kier alpha value is -1.42. The number of hydrogen-bond donors (Lipinski definition) is 0. The molecule has 0 spiro atoms. The lowest BCUT2D eigenvalue weighted by Gasteiger charge is -2.18. The second-order valence-corrected chi connectivity index (χ2v) is 5.19. The highest BCUT2D eigenvalue weighted by Gasteiger charge is 2.45. The molecule has 4 heteroatoms. The third-order valence-corrected chi connectivity index (χ3v) is 4.22. The quantitative estimate of drug-likeness (QED) is 0.763. The maximum atomic E-state index is 12.3. The van der Waals surface area contributed by atoms with E-state index < -0.39 is 0 Å². The molecule has 0 unspecified atom stereocenters. The molecule has 1 amide bonds. The summed E-state index contributed by atoms with van der Waals surface area (Å²) in [4.78, 5) is 16.1. The summed E-state index contributed by atoms with van der Waals surface area (Å²) in [7, 11) is 0. The first kappa shape index (κ1) is 11.7. The van der Waals surface area contributed by atoms with E-state index in [1.807, 2.05) is 12.1 Å². The van der Waals surface area contributed by atoms with Crippen LogP contribution in [0.4, 0.5) is 5.69 Å². The van der Waals surface area contributed by atoms with Crippen LogP contribution in [0.5, 0.6) is 0 Å². The molecule has 3 nitrogen and oxygen atoms in total. The van der Waals surface area contributed by atoms with Crippen molar-refractivity contribution in [3.8, 4) is 0 Å². The number of aryl methyl sites for hydroxylation is 1. The van der Waals surface area contributed by atoms with Crippen molar-refractivity contribution in [3.05, 3.63) is 29.8 Å². The summed E-state index contributed by atoms with van der Waals surface area (Å²) in [6, 6.07) is 8.10. The van der Waals surface area contributed by atoms with Crippen molar-refractivity contribution in [2.45, 2.75) is 32.2 Å². The summed E-state index contributed by atoms with van der Waals surface area (Å²) < 4.78 is 0. The molecule has 2 aliphatic heterocycles. The van der Waals surface area contributed by atoms with Gasteiger partial charge in [-0.3, -0.25) is 9.69 Å². The Balaban J connectivity index is 1.92. The van der Waals surface area contributed by atoms with Crippen LogP contribution < -0.4 is 4.90 Å². The van der Waals surface area contributed by atoms with Crippen molar-refractivity contribution in [1.82, 2.24) is 4.90 Å². The Labute approximate surface area is 112 Å². The minimum atomic E-state index is -0.0108. The van der Waals surface area contributed by atoms with Crippen LogP contribution in [0.25, 0.3) is 0 Å². The van der Waals surface area contributed by atoms with E-state index in [1.54, 1.807) is 4.90 Å². The number of amides is 1. The first-order valence-corrected chi connectivity index (χ1v) is 6.86. The van der Waals surface area contributed by atoms with Crippen LogP contribution in [0.1, 0.15) is 25.3 Å². The first-order valence-electron chi connectivity index (χ1n) is 6.46. The fourth-order valence-electron chi connectivity index (χ4n) is 2.74. The largest absolute Gasteiger partial charge is 0.336 e. The van der Waals surface area contributed by atoms with E-state index in [-0.39, 0.29) is 11.9 Å². The van der Waals surface area contributed by atoms with Gasteiger partial charge in [-0.2, -0.15) is 0 Å². The summed E-state index contributed by atoms with van der Waals surface area (Å²) in [5.41, 5.74) is 2.17. The van der Waals surface area contributed by atoms with Gasteiger partial charge in [-0.05, 0) is 49.2 Å². The fraction of sp³-hybridized carbons (Fsp3) is 0.429. The number of rotatable bonds is 2. The number of benzene rings is 1. The van der Waals surface area contributed by atoms with Crippen LogP contribution in [0, 0.1) is 0 Å². The highest BCUT2D eigenvalue weighted by atomic mass is 32.1. The molecule has 94 valence electrons. The highest BCUT2D eigenvalue weighted by molar-refractivity contribution is 7.80. The van der Waals surface area contributed by atoms with Crippen LogP contribution in [0.3, 0.4) is 0 Å². The number of anilines is 1. The molecule has 0 aromatic heterocycles. The number of fused-ring (bicyclic) bond motifs is 1. The molecule has 0 bridgehead atoms. The van der Waals surface area contributed by atoms with Crippen LogP contribution in [0.2, 0.25) is 0 Å². The zero-order valence-corrected chi connectivity index (χ0v) is 11.2. The molecule has 2 aliphatic rings. The Morgan fingerprint density at radius 3 is 2.67 bits per heavy atom. The summed E-state index contributed by atoms with van der Waals surface area (Å²) in [6.07, 6.45) is 3.01. The molecule has 2 saturated heterocycles. The molecule has 2 fully saturated rings. The number of carbonyl (C=O) groups excluding carboxylic acids is 1. The van der Waals surface area contributed by atoms with Crippen LogP contribution in [-0.2, 0) is 11.2 Å². The van der Waals surface area contributed by atoms with Crippen molar-refractivity contribution in [2.75, 3.05) is 11.4 Å². The predicted octanol–water partition coefficient (Wildman–Crippen LogP) is 2.34. The molecule has 0 saturated carbocycles. The van der Waals surface area contributed by atoms with E-state index in [1.165, 1.54) is 5.56 Å².